The fraction of sp³-hybridized carbons (Fsp3) is 0.400. The Balaban J connectivity index is 1.59. The van der Waals surface area contributed by atoms with E-state index in [0.717, 1.165) is 45.0 Å². The van der Waals surface area contributed by atoms with Crippen LogP contribution in [0.2, 0.25) is 0 Å². The number of piperazine rings is 1. The van der Waals surface area contributed by atoms with Gasteiger partial charge in [-0.2, -0.15) is 0 Å². The first-order valence-electron chi connectivity index (χ1n) is 6.88. The summed E-state index contributed by atoms with van der Waals surface area (Å²) < 4.78 is 2.16. The molecule has 0 amide bonds. The molecule has 1 aliphatic heterocycles. The van der Waals surface area contributed by atoms with Crippen LogP contribution in [0.15, 0.2) is 42.9 Å². The molecule has 1 aromatic heterocycles. The predicted molar refractivity (Wildman–Crippen MR) is 75.9 cm³/mol. The SMILES string of the molecule is c1ccc(Cn2cnc(CN3CCNCC3)c2)cc1. The fourth-order valence-corrected chi connectivity index (χ4v) is 2.47. The molecule has 1 aliphatic rings. The van der Waals surface area contributed by atoms with Crippen LogP contribution >= 0.6 is 0 Å². The molecule has 4 nitrogen and oxygen atoms in total. The first-order chi connectivity index (χ1) is 9.40. The Morgan fingerprint density at radius 3 is 2.63 bits per heavy atom. The molecule has 2 aromatic rings. The van der Waals surface area contributed by atoms with Crippen molar-refractivity contribution in [3.05, 3.63) is 54.1 Å². The molecule has 1 saturated heterocycles. The van der Waals surface area contributed by atoms with Crippen molar-refractivity contribution in [2.75, 3.05) is 26.2 Å². The number of aromatic nitrogens is 2. The average molecular weight is 256 g/mol. The molecule has 0 atom stereocenters. The second kappa shape index (κ2) is 5.99. The third-order valence-corrected chi connectivity index (χ3v) is 3.49. The third kappa shape index (κ3) is 3.43. The molecule has 0 spiro atoms. The van der Waals surface area contributed by atoms with Crippen LogP contribution < -0.4 is 5.32 Å². The van der Waals surface area contributed by atoms with Gasteiger partial charge in [-0.3, -0.25) is 4.90 Å². The summed E-state index contributed by atoms with van der Waals surface area (Å²) >= 11 is 0. The van der Waals surface area contributed by atoms with Gasteiger partial charge in [0.15, 0.2) is 0 Å². The van der Waals surface area contributed by atoms with Crippen molar-refractivity contribution in [3.8, 4) is 0 Å². The van der Waals surface area contributed by atoms with Crippen LogP contribution in [-0.2, 0) is 13.1 Å². The summed E-state index contributed by atoms with van der Waals surface area (Å²) in [7, 11) is 0. The molecule has 0 radical (unpaired) electrons. The summed E-state index contributed by atoms with van der Waals surface area (Å²) in [5, 5.41) is 3.37. The van der Waals surface area contributed by atoms with Gasteiger partial charge in [0.25, 0.3) is 0 Å². The zero-order chi connectivity index (χ0) is 12.9. The van der Waals surface area contributed by atoms with Crippen molar-refractivity contribution in [2.45, 2.75) is 13.1 Å². The average Bonchev–Trinajstić information content (AvgIpc) is 2.88. The molecule has 19 heavy (non-hydrogen) atoms. The molecule has 0 bridgehead atoms. The number of hydrogen-bond donors (Lipinski definition) is 1. The van der Waals surface area contributed by atoms with Crippen molar-refractivity contribution in [3.63, 3.8) is 0 Å². The Labute approximate surface area is 114 Å². The lowest BCUT2D eigenvalue weighted by Gasteiger charge is -2.26. The van der Waals surface area contributed by atoms with E-state index < -0.39 is 0 Å². The summed E-state index contributed by atoms with van der Waals surface area (Å²) in [4.78, 5) is 6.96. The number of rotatable bonds is 4. The first kappa shape index (κ1) is 12.4. The quantitative estimate of drug-likeness (QED) is 0.896. The van der Waals surface area contributed by atoms with Gasteiger partial charge in [-0.05, 0) is 5.56 Å². The summed E-state index contributed by atoms with van der Waals surface area (Å²) in [5.74, 6) is 0. The van der Waals surface area contributed by atoms with Crippen LogP contribution in [0, 0.1) is 0 Å². The van der Waals surface area contributed by atoms with E-state index in [1.54, 1.807) is 0 Å². The normalized spacial score (nSPS) is 16.6. The lowest BCUT2D eigenvalue weighted by atomic mass is 10.2. The molecular formula is C15H20N4. The molecular weight excluding hydrogens is 236 g/mol. The number of nitrogens with one attached hydrogen (secondary N) is 1. The summed E-state index contributed by atoms with van der Waals surface area (Å²) in [6.07, 6.45) is 4.10. The highest BCUT2D eigenvalue weighted by atomic mass is 15.2. The molecule has 2 heterocycles. The fourth-order valence-electron chi connectivity index (χ4n) is 2.47. The van der Waals surface area contributed by atoms with Crippen molar-refractivity contribution in [2.24, 2.45) is 0 Å². The minimum Gasteiger partial charge on any atom is -0.333 e. The van der Waals surface area contributed by atoms with E-state index >= 15 is 0 Å². The Kier molecular flexibility index (Phi) is 3.91. The largest absolute Gasteiger partial charge is 0.333 e. The Bertz CT molecular complexity index is 500. The highest BCUT2D eigenvalue weighted by molar-refractivity contribution is 5.15. The lowest BCUT2D eigenvalue weighted by Crippen LogP contribution is -2.42. The smallest absolute Gasteiger partial charge is 0.0953 e. The Morgan fingerprint density at radius 1 is 1.05 bits per heavy atom. The summed E-state index contributed by atoms with van der Waals surface area (Å²) in [6.45, 7) is 6.27. The van der Waals surface area contributed by atoms with Gasteiger partial charge in [0.1, 0.15) is 0 Å². The van der Waals surface area contributed by atoms with Crippen molar-refractivity contribution >= 4 is 0 Å². The molecule has 1 fully saturated rings. The number of imidazole rings is 1. The van der Waals surface area contributed by atoms with E-state index in [1.165, 1.54) is 5.56 Å². The van der Waals surface area contributed by atoms with Gasteiger partial charge in [0.05, 0.1) is 12.0 Å². The molecule has 100 valence electrons. The Hall–Kier alpha value is -1.65. The van der Waals surface area contributed by atoms with Gasteiger partial charge in [-0.1, -0.05) is 30.3 Å². The number of nitrogens with zero attached hydrogens (tertiary/aromatic N) is 3. The van der Waals surface area contributed by atoms with E-state index in [9.17, 15) is 0 Å². The summed E-state index contributed by atoms with van der Waals surface area (Å²) in [5.41, 5.74) is 2.48. The van der Waals surface area contributed by atoms with Gasteiger partial charge in [0.2, 0.25) is 0 Å². The van der Waals surface area contributed by atoms with E-state index in [4.69, 9.17) is 0 Å². The van der Waals surface area contributed by atoms with Crippen LogP contribution in [0.5, 0.6) is 0 Å². The molecule has 4 heteroatoms. The van der Waals surface area contributed by atoms with Crippen LogP contribution in [0.4, 0.5) is 0 Å². The molecule has 3 rings (SSSR count). The van der Waals surface area contributed by atoms with Crippen molar-refractivity contribution in [1.29, 1.82) is 0 Å². The van der Waals surface area contributed by atoms with Crippen LogP contribution in [0.25, 0.3) is 0 Å². The zero-order valence-electron chi connectivity index (χ0n) is 11.1. The van der Waals surface area contributed by atoms with E-state index in [1.807, 2.05) is 12.4 Å². The zero-order valence-corrected chi connectivity index (χ0v) is 11.1. The van der Waals surface area contributed by atoms with Gasteiger partial charge < -0.3 is 9.88 Å². The number of hydrogen-bond acceptors (Lipinski definition) is 3. The second-order valence-corrected chi connectivity index (χ2v) is 5.05. The van der Waals surface area contributed by atoms with Gasteiger partial charge >= 0.3 is 0 Å². The first-order valence-corrected chi connectivity index (χ1v) is 6.88. The molecule has 0 saturated carbocycles. The van der Waals surface area contributed by atoms with Gasteiger partial charge in [0, 0.05) is 45.5 Å². The van der Waals surface area contributed by atoms with Crippen molar-refractivity contribution in [1.82, 2.24) is 19.8 Å². The number of benzene rings is 1. The molecule has 1 aromatic carbocycles. The Morgan fingerprint density at radius 2 is 1.84 bits per heavy atom. The second-order valence-electron chi connectivity index (χ2n) is 5.05. The van der Waals surface area contributed by atoms with Crippen LogP contribution in [-0.4, -0.2) is 40.6 Å². The highest BCUT2D eigenvalue weighted by Crippen LogP contribution is 2.06. The monoisotopic (exact) mass is 256 g/mol. The maximum Gasteiger partial charge on any atom is 0.0953 e. The molecule has 1 N–H and O–H groups in total. The molecule has 0 aliphatic carbocycles. The van der Waals surface area contributed by atoms with E-state index in [0.29, 0.717) is 0 Å². The topological polar surface area (TPSA) is 33.1 Å². The lowest BCUT2D eigenvalue weighted by molar-refractivity contribution is 0.231. The van der Waals surface area contributed by atoms with E-state index in [-0.39, 0.29) is 0 Å². The minimum absolute atomic E-state index is 0.898. The molecule has 0 unspecified atom stereocenters. The predicted octanol–water partition coefficient (Wildman–Crippen LogP) is 1.34. The highest BCUT2D eigenvalue weighted by Gasteiger charge is 2.11. The standard InChI is InChI=1S/C15H20N4/c1-2-4-14(5-3-1)10-19-12-15(17-13-19)11-18-8-6-16-7-9-18/h1-5,12-13,16H,6-11H2. The maximum absolute atomic E-state index is 4.51. The third-order valence-electron chi connectivity index (χ3n) is 3.49. The van der Waals surface area contributed by atoms with Crippen LogP contribution in [0.1, 0.15) is 11.3 Å². The maximum atomic E-state index is 4.51. The van der Waals surface area contributed by atoms with Crippen molar-refractivity contribution < 1.29 is 0 Å². The van der Waals surface area contributed by atoms with Crippen LogP contribution in [0.3, 0.4) is 0 Å². The van der Waals surface area contributed by atoms with Gasteiger partial charge in [-0.15, -0.1) is 0 Å². The minimum atomic E-state index is 0.898. The van der Waals surface area contributed by atoms with E-state index in [2.05, 4.69) is 50.2 Å². The van der Waals surface area contributed by atoms with Gasteiger partial charge in [-0.25, -0.2) is 4.98 Å². The summed E-state index contributed by atoms with van der Waals surface area (Å²) in [6, 6.07) is 10.5.